The lowest BCUT2D eigenvalue weighted by atomic mass is 9.35. The van der Waals surface area contributed by atoms with E-state index in [1.165, 1.54) is 11.1 Å². The van der Waals surface area contributed by atoms with E-state index in [-0.39, 0.29) is 28.3 Å². The molecule has 2 spiro atoms. The summed E-state index contributed by atoms with van der Waals surface area (Å²) in [6, 6.07) is 12.4. The van der Waals surface area contributed by atoms with E-state index in [1.807, 2.05) is 37.4 Å². The maximum atomic E-state index is 10.9. The first-order chi connectivity index (χ1) is 17.4. The molecule has 6 aliphatic rings. The number of hydrogen-bond donors (Lipinski definition) is 2. The summed E-state index contributed by atoms with van der Waals surface area (Å²) in [5, 5.41) is 15.4. The van der Waals surface area contributed by atoms with Crippen molar-refractivity contribution in [1.82, 2.24) is 10.2 Å². The predicted molar refractivity (Wildman–Crippen MR) is 142 cm³/mol. The molecule has 36 heavy (non-hydrogen) atoms. The predicted octanol–water partition coefficient (Wildman–Crippen LogP) is 4.79. The summed E-state index contributed by atoms with van der Waals surface area (Å²) in [4.78, 5) is 2.61. The molecule has 190 valence electrons. The minimum atomic E-state index is -0.352. The van der Waals surface area contributed by atoms with Crippen molar-refractivity contribution in [2.24, 2.45) is 11.3 Å². The molecule has 4 fully saturated rings. The zero-order valence-corrected chi connectivity index (χ0v) is 21.9. The number of hydrogen-bond acceptors (Lipinski definition) is 5. The van der Waals surface area contributed by atoms with Crippen LogP contribution in [0.1, 0.15) is 42.4 Å². The van der Waals surface area contributed by atoms with E-state index < -0.39 is 0 Å². The SMILES string of the molecule is CO[C@]12CC[C@@]3(C[C@@H]1CNC/C=C/c1ccc(Cl)cc1)[C@H]1Cc4ccc(O)c5c4[C@@]3(CCN1C)[C@H]2O5. The molecule has 0 radical (unpaired) electrons. The molecule has 6 atom stereocenters. The first-order valence-corrected chi connectivity index (χ1v) is 13.7. The Kier molecular flexibility index (Phi) is 5.12. The number of halogens is 1. The lowest BCUT2D eigenvalue weighted by molar-refractivity contribution is -0.274. The molecular weight excluding hydrogens is 472 g/mol. The largest absolute Gasteiger partial charge is 0.504 e. The van der Waals surface area contributed by atoms with Crippen LogP contribution in [0, 0.1) is 11.3 Å². The Morgan fingerprint density at radius 1 is 1.19 bits per heavy atom. The molecule has 8 rings (SSSR count). The van der Waals surface area contributed by atoms with Crippen LogP contribution in [0.5, 0.6) is 11.5 Å². The summed E-state index contributed by atoms with van der Waals surface area (Å²) in [7, 11) is 4.19. The first-order valence-electron chi connectivity index (χ1n) is 13.4. The highest BCUT2D eigenvalue weighted by atomic mass is 35.5. The smallest absolute Gasteiger partial charge is 0.165 e. The van der Waals surface area contributed by atoms with Gasteiger partial charge in [-0.25, -0.2) is 0 Å². The lowest BCUT2D eigenvalue weighted by Crippen LogP contribution is -2.81. The quantitative estimate of drug-likeness (QED) is 0.551. The zero-order valence-electron chi connectivity index (χ0n) is 21.1. The van der Waals surface area contributed by atoms with E-state index in [1.54, 1.807) is 0 Å². The third kappa shape index (κ3) is 2.78. The highest BCUT2D eigenvalue weighted by Gasteiger charge is 2.80. The average molecular weight is 507 g/mol. The summed E-state index contributed by atoms with van der Waals surface area (Å²) in [5.74, 6) is 1.38. The Hall–Kier alpha value is -2.05. The number of likely N-dealkylation sites (tertiary alicyclic amines) is 1. The minimum Gasteiger partial charge on any atom is -0.504 e. The van der Waals surface area contributed by atoms with E-state index in [4.69, 9.17) is 21.1 Å². The fraction of sp³-hybridized carbons (Fsp3) is 0.533. The Labute approximate surface area is 218 Å². The van der Waals surface area contributed by atoms with Crippen molar-refractivity contribution in [3.05, 3.63) is 64.2 Å². The first kappa shape index (κ1) is 23.1. The van der Waals surface area contributed by atoms with Gasteiger partial charge >= 0.3 is 0 Å². The molecule has 4 aliphatic carbocycles. The van der Waals surface area contributed by atoms with Crippen LogP contribution in [-0.4, -0.2) is 61.5 Å². The maximum absolute atomic E-state index is 10.9. The van der Waals surface area contributed by atoms with Crippen molar-refractivity contribution in [2.45, 2.75) is 55.3 Å². The number of fused-ring (bicyclic) bond motifs is 2. The van der Waals surface area contributed by atoms with Gasteiger partial charge in [-0.3, -0.25) is 0 Å². The van der Waals surface area contributed by atoms with Crippen LogP contribution in [0.2, 0.25) is 5.02 Å². The van der Waals surface area contributed by atoms with Crippen LogP contribution in [-0.2, 0) is 16.6 Å². The molecule has 5 nitrogen and oxygen atoms in total. The highest BCUT2D eigenvalue weighted by Crippen LogP contribution is 2.76. The summed E-state index contributed by atoms with van der Waals surface area (Å²) >= 11 is 6.01. The number of aromatic hydroxyl groups is 1. The van der Waals surface area contributed by atoms with E-state index >= 15 is 0 Å². The number of phenolic OH excluding ortho intramolecular Hbond substituents is 1. The molecule has 3 saturated carbocycles. The number of nitrogens with one attached hydrogen (secondary N) is 1. The van der Waals surface area contributed by atoms with Gasteiger partial charge in [0.2, 0.25) is 0 Å². The minimum absolute atomic E-state index is 0.0486. The highest BCUT2D eigenvalue weighted by molar-refractivity contribution is 6.30. The Bertz CT molecular complexity index is 1230. The fourth-order valence-corrected chi connectivity index (χ4v) is 9.31. The molecule has 2 N–H and O–H groups in total. The van der Waals surface area contributed by atoms with Gasteiger partial charge in [-0.15, -0.1) is 0 Å². The Morgan fingerprint density at radius 2 is 2.03 bits per heavy atom. The fourth-order valence-electron chi connectivity index (χ4n) is 9.18. The second kappa shape index (κ2) is 7.97. The van der Waals surface area contributed by atoms with Crippen LogP contribution < -0.4 is 10.1 Å². The number of phenols is 1. The van der Waals surface area contributed by atoms with Gasteiger partial charge in [0.25, 0.3) is 0 Å². The molecule has 6 heteroatoms. The van der Waals surface area contributed by atoms with Gasteiger partial charge in [0, 0.05) is 53.6 Å². The number of methoxy groups -OCH3 is 1. The normalized spacial score (nSPS) is 37.8. The van der Waals surface area contributed by atoms with Gasteiger partial charge < -0.3 is 24.8 Å². The average Bonchev–Trinajstić information content (AvgIpc) is 3.26. The molecule has 2 aromatic carbocycles. The number of rotatable bonds is 6. The molecule has 2 aromatic rings. The van der Waals surface area contributed by atoms with E-state index in [0.29, 0.717) is 12.0 Å². The zero-order chi connectivity index (χ0) is 24.7. The maximum Gasteiger partial charge on any atom is 0.165 e. The van der Waals surface area contributed by atoms with Crippen LogP contribution >= 0.6 is 11.6 Å². The molecule has 2 heterocycles. The van der Waals surface area contributed by atoms with Crippen molar-refractivity contribution in [2.75, 3.05) is 33.8 Å². The topological polar surface area (TPSA) is 54.0 Å². The lowest BCUT2D eigenvalue weighted by Gasteiger charge is -2.73. The monoisotopic (exact) mass is 506 g/mol. The molecule has 4 bridgehead atoms. The third-order valence-corrected chi connectivity index (χ3v) is 10.9. The third-order valence-electron chi connectivity index (χ3n) is 10.6. The van der Waals surface area contributed by atoms with Crippen LogP contribution in [0.25, 0.3) is 6.08 Å². The van der Waals surface area contributed by atoms with Gasteiger partial charge in [0.15, 0.2) is 11.5 Å². The molecule has 2 aliphatic heterocycles. The van der Waals surface area contributed by atoms with Crippen LogP contribution in [0.4, 0.5) is 0 Å². The summed E-state index contributed by atoms with van der Waals surface area (Å²) in [6.07, 6.45) is 9.69. The molecule has 0 unspecified atom stereocenters. The van der Waals surface area contributed by atoms with Gasteiger partial charge in [0.05, 0.1) is 0 Å². The number of likely N-dealkylation sites (N-methyl/N-ethyl adjacent to an activating group) is 1. The number of benzene rings is 2. The van der Waals surface area contributed by atoms with E-state index in [0.717, 1.165) is 68.1 Å². The van der Waals surface area contributed by atoms with Crippen molar-refractivity contribution >= 4 is 17.7 Å². The second-order valence-corrected chi connectivity index (χ2v) is 12.1. The summed E-state index contributed by atoms with van der Waals surface area (Å²) in [6.45, 7) is 2.76. The van der Waals surface area contributed by atoms with Crippen molar-refractivity contribution in [1.29, 1.82) is 0 Å². The number of piperidine rings is 1. The second-order valence-electron chi connectivity index (χ2n) is 11.7. The standard InChI is InChI=1S/C30H35ClN2O3/c1-33-15-13-29-25-20-7-10-23(34)26(25)36-27(29)30(35-2)12-11-28(29,24(33)16-20)17-21(30)18-32-14-3-4-19-5-8-22(31)9-6-19/h3-10,21,24,27,32,34H,11-18H2,1-2H3/b4-3+/t21-,24-,27-,28-,29+,30-/m1/s1. The van der Waals surface area contributed by atoms with Gasteiger partial charge in [-0.05, 0) is 75.0 Å². The van der Waals surface area contributed by atoms with Crippen LogP contribution in [0.3, 0.4) is 0 Å². The molecule has 1 saturated heterocycles. The van der Waals surface area contributed by atoms with E-state index in [2.05, 4.69) is 35.5 Å². The van der Waals surface area contributed by atoms with Crippen LogP contribution in [0.15, 0.2) is 42.5 Å². The van der Waals surface area contributed by atoms with Crippen molar-refractivity contribution in [3.8, 4) is 11.5 Å². The van der Waals surface area contributed by atoms with Crippen molar-refractivity contribution in [3.63, 3.8) is 0 Å². The van der Waals surface area contributed by atoms with Gasteiger partial charge in [-0.2, -0.15) is 0 Å². The summed E-state index contributed by atoms with van der Waals surface area (Å²) < 4.78 is 13.4. The Morgan fingerprint density at radius 3 is 2.83 bits per heavy atom. The number of nitrogens with zero attached hydrogens (tertiary/aromatic N) is 1. The Balaban J connectivity index is 1.21. The van der Waals surface area contributed by atoms with E-state index in [9.17, 15) is 5.11 Å². The van der Waals surface area contributed by atoms with Crippen molar-refractivity contribution < 1.29 is 14.6 Å². The number of ether oxygens (including phenoxy) is 2. The molecular formula is C30H35ClN2O3. The summed E-state index contributed by atoms with van der Waals surface area (Å²) in [5.41, 5.74) is 3.57. The van der Waals surface area contributed by atoms with Gasteiger partial charge in [0.1, 0.15) is 11.7 Å². The molecule has 0 aromatic heterocycles. The molecule has 0 amide bonds. The van der Waals surface area contributed by atoms with Gasteiger partial charge in [-0.1, -0.05) is 42.0 Å².